The van der Waals surface area contributed by atoms with E-state index in [0.29, 0.717) is 0 Å². The van der Waals surface area contributed by atoms with E-state index in [1.54, 1.807) is 0 Å². The molecule has 33 heavy (non-hydrogen) atoms. The van der Waals surface area contributed by atoms with Gasteiger partial charge in [0.2, 0.25) is 0 Å². The monoisotopic (exact) mass is 576 g/mol. The third-order valence-corrected chi connectivity index (χ3v) is 8.32. The quantitative estimate of drug-likeness (QED) is 0.104. The number of aliphatic carboxylic acids is 2. The molecular formula is C28H56O4Sn. The average molecular weight is 575 g/mol. The fourth-order valence-electron chi connectivity index (χ4n) is 3.41. The third-order valence-electron chi connectivity index (χ3n) is 5.47. The van der Waals surface area contributed by atoms with Crippen molar-refractivity contribution in [3.63, 3.8) is 0 Å². The van der Waals surface area contributed by atoms with Crippen LogP contribution in [0.1, 0.15) is 156 Å². The van der Waals surface area contributed by atoms with Gasteiger partial charge in [-0.3, -0.25) is 0 Å². The van der Waals surface area contributed by atoms with Gasteiger partial charge in [0.05, 0.1) is 0 Å². The predicted molar refractivity (Wildman–Crippen MR) is 140 cm³/mol. The second-order valence-electron chi connectivity index (χ2n) is 8.86. The molecule has 0 bridgehead atoms. The molecule has 0 heterocycles. The summed E-state index contributed by atoms with van der Waals surface area (Å²) in [6.45, 7) is 9.02. The summed E-state index contributed by atoms with van der Waals surface area (Å²) in [4.78, 5) is 20.2. The van der Waals surface area contributed by atoms with Crippen molar-refractivity contribution in [1.29, 1.82) is 0 Å². The van der Waals surface area contributed by atoms with E-state index in [9.17, 15) is 19.8 Å². The fourth-order valence-corrected chi connectivity index (χ4v) is 4.84. The van der Waals surface area contributed by atoms with E-state index >= 15 is 0 Å². The molecule has 0 amide bonds. The van der Waals surface area contributed by atoms with Crippen molar-refractivity contribution >= 4 is 33.1 Å². The van der Waals surface area contributed by atoms with Gasteiger partial charge >= 0.3 is 43.9 Å². The van der Waals surface area contributed by atoms with Gasteiger partial charge in [-0.2, -0.15) is 0 Å². The van der Waals surface area contributed by atoms with E-state index in [1.807, 2.05) is 0 Å². The SMILES string of the molecule is CCCCCCCCCCCC(=O)[O-].CCCCCCCCCCCC(=O)[O-].C[CH2][Sn+2][CH2]C. The minimum absolute atomic E-state index is 0.218. The molecule has 0 aromatic carbocycles. The molecule has 0 fully saturated rings. The number of unbranched alkanes of at least 4 members (excludes halogenated alkanes) is 16. The summed E-state index contributed by atoms with van der Waals surface area (Å²) < 4.78 is 3.03. The topological polar surface area (TPSA) is 80.3 Å². The van der Waals surface area contributed by atoms with E-state index in [2.05, 4.69) is 27.7 Å². The predicted octanol–water partition coefficient (Wildman–Crippen LogP) is 6.88. The van der Waals surface area contributed by atoms with Crippen LogP contribution in [0.3, 0.4) is 0 Å². The van der Waals surface area contributed by atoms with Crippen molar-refractivity contribution in [2.24, 2.45) is 0 Å². The zero-order valence-corrected chi connectivity index (χ0v) is 25.5. The standard InChI is InChI=1S/2C12H24O2.2C2H5.Sn/c2*1-2-3-4-5-6-7-8-9-10-11-12(13)14;2*1-2;/h2*2-11H2,1H3,(H,13,14);2*1H2,2H3;/q;;;;+2/p-2. The van der Waals surface area contributed by atoms with Crippen molar-refractivity contribution in [1.82, 2.24) is 0 Å². The molecule has 0 atom stereocenters. The summed E-state index contributed by atoms with van der Waals surface area (Å²) in [5.41, 5.74) is 0. The van der Waals surface area contributed by atoms with Gasteiger partial charge in [0.15, 0.2) is 0 Å². The number of carboxylic acids is 2. The molecule has 196 valence electrons. The number of carbonyl (C=O) groups is 2. The first-order chi connectivity index (χ1) is 16.0. The molecule has 0 radical (unpaired) electrons. The van der Waals surface area contributed by atoms with Gasteiger partial charge < -0.3 is 19.8 Å². The Morgan fingerprint density at radius 1 is 0.455 bits per heavy atom. The maximum atomic E-state index is 10.1. The van der Waals surface area contributed by atoms with Gasteiger partial charge in [-0.15, -0.1) is 0 Å². The molecule has 0 aromatic heterocycles. The van der Waals surface area contributed by atoms with Crippen LogP contribution in [0.5, 0.6) is 0 Å². The van der Waals surface area contributed by atoms with Gasteiger partial charge in [-0.05, 0) is 25.7 Å². The maximum absolute atomic E-state index is 10.1. The number of hydrogen-bond acceptors (Lipinski definition) is 4. The Morgan fingerprint density at radius 2 is 0.697 bits per heavy atom. The summed E-state index contributed by atoms with van der Waals surface area (Å²) in [6.07, 6.45) is 22.3. The second kappa shape index (κ2) is 36.3. The molecule has 5 heteroatoms. The van der Waals surface area contributed by atoms with Crippen LogP contribution >= 0.6 is 0 Å². The van der Waals surface area contributed by atoms with Gasteiger partial charge in [0.1, 0.15) is 0 Å². The molecule has 0 aliphatic carbocycles. The second-order valence-corrected chi connectivity index (χ2v) is 14.3. The van der Waals surface area contributed by atoms with Crippen molar-refractivity contribution in [3.05, 3.63) is 0 Å². The zero-order valence-electron chi connectivity index (χ0n) is 22.7. The van der Waals surface area contributed by atoms with E-state index in [1.165, 1.54) is 98.8 Å². The number of hydrogen-bond donors (Lipinski definition) is 0. The van der Waals surface area contributed by atoms with Gasteiger partial charge in [0, 0.05) is 11.9 Å². The molecule has 0 rings (SSSR count). The van der Waals surface area contributed by atoms with Crippen LogP contribution in [-0.2, 0) is 9.59 Å². The summed E-state index contributed by atoms with van der Waals surface area (Å²) in [5.74, 6) is -1.82. The average Bonchev–Trinajstić information content (AvgIpc) is 2.78. The van der Waals surface area contributed by atoms with Crippen LogP contribution in [0, 0.1) is 0 Å². The van der Waals surface area contributed by atoms with E-state index in [-0.39, 0.29) is 34.0 Å². The molecule has 0 saturated heterocycles. The Hall–Kier alpha value is -0.261. The summed E-state index contributed by atoms with van der Waals surface area (Å²) in [6, 6.07) is 0. The van der Waals surface area contributed by atoms with Gasteiger partial charge in [-0.25, -0.2) is 0 Å². The normalized spacial score (nSPS) is 9.82. The van der Waals surface area contributed by atoms with Crippen LogP contribution < -0.4 is 10.2 Å². The van der Waals surface area contributed by atoms with Crippen molar-refractivity contribution in [2.45, 2.75) is 165 Å². The molecule has 0 aromatic rings. The van der Waals surface area contributed by atoms with E-state index in [0.717, 1.165) is 25.7 Å². The molecule has 0 spiro atoms. The number of rotatable bonds is 22. The molecule has 0 unspecified atom stereocenters. The van der Waals surface area contributed by atoms with E-state index < -0.39 is 11.9 Å². The first kappa shape index (κ1) is 37.3. The van der Waals surface area contributed by atoms with Crippen molar-refractivity contribution < 1.29 is 19.8 Å². The van der Waals surface area contributed by atoms with E-state index in [4.69, 9.17) is 0 Å². The summed E-state index contributed by atoms with van der Waals surface area (Å²) >= 11 is 0.218. The molecule has 0 N–H and O–H groups in total. The Bertz CT molecular complexity index is 341. The van der Waals surface area contributed by atoms with Crippen molar-refractivity contribution in [2.75, 3.05) is 0 Å². The molecule has 0 saturated carbocycles. The zero-order chi connectivity index (χ0) is 25.4. The third kappa shape index (κ3) is 49.8. The van der Waals surface area contributed by atoms with Crippen LogP contribution in [-0.4, -0.2) is 33.1 Å². The van der Waals surface area contributed by atoms with Crippen LogP contribution in [0.15, 0.2) is 0 Å². The minimum atomic E-state index is -0.909. The first-order valence-electron chi connectivity index (χ1n) is 14.1. The first-order valence-corrected chi connectivity index (χ1v) is 18.1. The molecule has 0 aliphatic heterocycles. The summed E-state index contributed by atoms with van der Waals surface area (Å²) in [5, 5.41) is 20.2. The Morgan fingerprint density at radius 3 is 0.879 bits per heavy atom. The van der Waals surface area contributed by atoms with Gasteiger partial charge in [0.25, 0.3) is 0 Å². The molecular weight excluding hydrogens is 519 g/mol. The van der Waals surface area contributed by atoms with Gasteiger partial charge in [-0.1, -0.05) is 117 Å². The molecule has 0 aliphatic rings. The number of carboxylic acid groups (broad SMARTS) is 2. The Labute approximate surface area is 217 Å². The van der Waals surface area contributed by atoms with Crippen LogP contribution in [0.25, 0.3) is 0 Å². The molecule has 4 nitrogen and oxygen atoms in total. The van der Waals surface area contributed by atoms with Crippen molar-refractivity contribution in [3.8, 4) is 0 Å². The van der Waals surface area contributed by atoms with Crippen LogP contribution in [0.4, 0.5) is 0 Å². The summed E-state index contributed by atoms with van der Waals surface area (Å²) in [7, 11) is 0. The van der Waals surface area contributed by atoms with Crippen LogP contribution in [0.2, 0.25) is 8.87 Å². The fraction of sp³-hybridized carbons (Fsp3) is 0.929. The Kier molecular flexibility index (Phi) is 41.0. The number of carbonyl (C=O) groups excluding carboxylic acids is 2. The Balaban J connectivity index is -0.000000453.